The maximum absolute atomic E-state index is 13.6. The average molecular weight is 513 g/mol. The van der Waals surface area contributed by atoms with Gasteiger partial charge in [-0.15, -0.1) is 0 Å². The van der Waals surface area contributed by atoms with Crippen LogP contribution in [0.15, 0.2) is 78.1 Å². The number of alkyl halides is 3. The first kappa shape index (κ1) is 24.2. The number of rotatable bonds is 5. The van der Waals surface area contributed by atoms with Crippen LogP contribution < -0.4 is 10.0 Å². The highest BCUT2D eigenvalue weighted by Gasteiger charge is 2.32. The number of benzene rings is 3. The van der Waals surface area contributed by atoms with Gasteiger partial charge in [-0.1, -0.05) is 30.3 Å². The second-order valence-corrected chi connectivity index (χ2v) is 10.4. The number of nitrogens with zero attached hydrogens (tertiary/aromatic N) is 2. The van der Waals surface area contributed by atoms with Crippen LogP contribution in [-0.4, -0.2) is 31.5 Å². The molecular formula is C26H23F3N4O2S. The largest absolute Gasteiger partial charge is 0.416 e. The van der Waals surface area contributed by atoms with E-state index in [4.69, 9.17) is 0 Å². The predicted octanol–water partition coefficient (Wildman–Crippen LogP) is 5.58. The molecule has 10 heteroatoms. The maximum Gasteiger partial charge on any atom is 0.416 e. The average Bonchev–Trinajstić information content (AvgIpc) is 2.88. The van der Waals surface area contributed by atoms with Gasteiger partial charge < -0.3 is 5.32 Å². The maximum atomic E-state index is 13.6. The second-order valence-electron chi connectivity index (χ2n) is 8.71. The summed E-state index contributed by atoms with van der Waals surface area (Å²) >= 11 is 0. The molecule has 1 aromatic heterocycles. The number of halogens is 3. The summed E-state index contributed by atoms with van der Waals surface area (Å²) in [5, 5.41) is 4.68. The smallest absolute Gasteiger partial charge is 0.317 e. The lowest BCUT2D eigenvalue weighted by atomic mass is 9.83. The number of anilines is 1. The number of hydrogen-bond donors (Lipinski definition) is 2. The van der Waals surface area contributed by atoms with Crippen molar-refractivity contribution in [1.82, 2.24) is 15.3 Å². The van der Waals surface area contributed by atoms with E-state index in [1.165, 1.54) is 36.8 Å². The summed E-state index contributed by atoms with van der Waals surface area (Å²) in [4.78, 5) is 7.73. The summed E-state index contributed by atoms with van der Waals surface area (Å²) in [6, 6.07) is 15.6. The molecule has 0 unspecified atom stereocenters. The van der Waals surface area contributed by atoms with Gasteiger partial charge in [-0.25, -0.2) is 18.4 Å². The summed E-state index contributed by atoms with van der Waals surface area (Å²) in [7, 11) is -3.90. The molecule has 0 aliphatic carbocycles. The van der Waals surface area contributed by atoms with Crippen molar-refractivity contribution in [2.24, 2.45) is 0 Å². The van der Waals surface area contributed by atoms with Crippen molar-refractivity contribution >= 4 is 26.6 Å². The van der Waals surface area contributed by atoms with Crippen LogP contribution in [0.3, 0.4) is 0 Å². The van der Waals surface area contributed by atoms with E-state index in [9.17, 15) is 21.6 Å². The van der Waals surface area contributed by atoms with Gasteiger partial charge in [0.25, 0.3) is 10.0 Å². The van der Waals surface area contributed by atoms with Crippen LogP contribution in [0.5, 0.6) is 0 Å². The summed E-state index contributed by atoms with van der Waals surface area (Å²) < 4.78 is 68.9. The summed E-state index contributed by atoms with van der Waals surface area (Å²) in [6.07, 6.45) is -0.263. The third-order valence-electron chi connectivity index (χ3n) is 6.43. The second kappa shape index (κ2) is 9.51. The van der Waals surface area contributed by atoms with Crippen molar-refractivity contribution in [3.05, 3.63) is 84.3 Å². The molecule has 4 aromatic rings. The van der Waals surface area contributed by atoms with E-state index in [-0.39, 0.29) is 16.6 Å². The van der Waals surface area contributed by atoms with Gasteiger partial charge in [0.1, 0.15) is 12.1 Å². The molecule has 186 valence electrons. The topological polar surface area (TPSA) is 84.0 Å². The fourth-order valence-electron chi connectivity index (χ4n) is 4.67. The fraction of sp³-hybridized carbons (Fsp3) is 0.231. The number of piperidine rings is 1. The Morgan fingerprint density at radius 3 is 2.47 bits per heavy atom. The van der Waals surface area contributed by atoms with Gasteiger partial charge in [-0.2, -0.15) is 13.2 Å². The number of fused-ring (bicyclic) bond motifs is 1. The fourth-order valence-corrected chi connectivity index (χ4v) is 5.71. The van der Waals surface area contributed by atoms with Gasteiger partial charge >= 0.3 is 6.18 Å². The Bertz CT molecular complexity index is 1500. The van der Waals surface area contributed by atoms with Crippen molar-refractivity contribution in [3.8, 4) is 11.1 Å². The van der Waals surface area contributed by atoms with Crippen molar-refractivity contribution in [2.45, 2.75) is 29.8 Å². The van der Waals surface area contributed by atoms with Crippen molar-refractivity contribution in [1.29, 1.82) is 0 Å². The van der Waals surface area contributed by atoms with Gasteiger partial charge in [0, 0.05) is 6.20 Å². The van der Waals surface area contributed by atoms with E-state index < -0.39 is 21.8 Å². The highest BCUT2D eigenvalue weighted by Crippen LogP contribution is 2.41. The van der Waals surface area contributed by atoms with E-state index in [2.05, 4.69) is 20.0 Å². The van der Waals surface area contributed by atoms with E-state index in [1.54, 1.807) is 24.3 Å². The van der Waals surface area contributed by atoms with Gasteiger partial charge in [-0.3, -0.25) is 4.72 Å². The monoisotopic (exact) mass is 512 g/mol. The SMILES string of the molecule is O=S(=O)(Nc1ccncn1)c1ccc2c(-c3ccc(C(F)(F)F)cc3C3CCNCC3)cccc2c1. The van der Waals surface area contributed by atoms with E-state index >= 15 is 0 Å². The van der Waals surface area contributed by atoms with Crippen LogP contribution >= 0.6 is 0 Å². The Hall–Kier alpha value is -3.50. The Morgan fingerprint density at radius 2 is 1.75 bits per heavy atom. The highest BCUT2D eigenvalue weighted by atomic mass is 32.2. The zero-order valence-electron chi connectivity index (χ0n) is 19.1. The summed E-state index contributed by atoms with van der Waals surface area (Å²) in [5.41, 5.74) is 1.50. The van der Waals surface area contributed by atoms with Gasteiger partial charge in [0.15, 0.2) is 0 Å². The minimum Gasteiger partial charge on any atom is -0.317 e. The van der Waals surface area contributed by atoms with Gasteiger partial charge in [-0.05, 0) is 89.6 Å². The van der Waals surface area contributed by atoms with Gasteiger partial charge in [0.2, 0.25) is 0 Å². The molecule has 0 spiro atoms. The van der Waals surface area contributed by atoms with Crippen LogP contribution in [0.4, 0.5) is 19.0 Å². The first-order valence-electron chi connectivity index (χ1n) is 11.5. The highest BCUT2D eigenvalue weighted by molar-refractivity contribution is 7.92. The minimum absolute atomic E-state index is 0.00415. The molecule has 1 aliphatic rings. The molecule has 1 fully saturated rings. The van der Waals surface area contributed by atoms with Gasteiger partial charge in [0.05, 0.1) is 10.5 Å². The normalized spacial score (nSPS) is 15.2. The number of hydrogen-bond acceptors (Lipinski definition) is 5. The standard InChI is InChI=1S/C26H23F3N4O2S/c27-26(28,29)19-4-6-23(24(15-19)17-8-11-30-12-9-17)22-3-1-2-18-14-20(5-7-21(18)22)36(34,35)33-25-10-13-31-16-32-25/h1-7,10,13-17,30H,8-9,11-12H2,(H,31,32,33). The van der Waals surface area contributed by atoms with Crippen molar-refractivity contribution in [2.75, 3.05) is 17.8 Å². The minimum atomic E-state index is -4.43. The van der Waals surface area contributed by atoms with E-state index in [0.717, 1.165) is 48.5 Å². The quantitative estimate of drug-likeness (QED) is 0.365. The number of aromatic nitrogens is 2. The zero-order valence-corrected chi connectivity index (χ0v) is 19.9. The molecule has 0 amide bonds. The van der Waals surface area contributed by atoms with E-state index in [1.807, 2.05) is 6.07 Å². The Balaban J connectivity index is 1.59. The number of sulfonamides is 1. The molecule has 0 bridgehead atoms. The first-order chi connectivity index (χ1) is 17.2. The molecule has 0 saturated carbocycles. The summed E-state index contributed by atoms with van der Waals surface area (Å²) in [5.74, 6) is 0.144. The molecule has 0 atom stereocenters. The Labute approximate surface area is 206 Å². The van der Waals surface area contributed by atoms with Crippen LogP contribution in [-0.2, 0) is 16.2 Å². The molecule has 2 heterocycles. The van der Waals surface area contributed by atoms with Crippen molar-refractivity contribution in [3.63, 3.8) is 0 Å². The Morgan fingerprint density at radius 1 is 0.944 bits per heavy atom. The lowest BCUT2D eigenvalue weighted by Crippen LogP contribution is -2.27. The van der Waals surface area contributed by atoms with Crippen LogP contribution in [0.2, 0.25) is 0 Å². The van der Waals surface area contributed by atoms with Crippen LogP contribution in [0.25, 0.3) is 21.9 Å². The molecule has 0 radical (unpaired) electrons. The molecule has 6 nitrogen and oxygen atoms in total. The molecule has 1 saturated heterocycles. The number of nitrogens with one attached hydrogen (secondary N) is 2. The lowest BCUT2D eigenvalue weighted by molar-refractivity contribution is -0.137. The molecule has 5 rings (SSSR count). The third-order valence-corrected chi connectivity index (χ3v) is 7.78. The first-order valence-corrected chi connectivity index (χ1v) is 12.9. The molecule has 36 heavy (non-hydrogen) atoms. The summed E-state index contributed by atoms with van der Waals surface area (Å²) in [6.45, 7) is 1.49. The van der Waals surface area contributed by atoms with Crippen molar-refractivity contribution < 1.29 is 21.6 Å². The lowest BCUT2D eigenvalue weighted by Gasteiger charge is -2.26. The van der Waals surface area contributed by atoms with Crippen LogP contribution in [0, 0.1) is 0 Å². The molecule has 1 aliphatic heterocycles. The van der Waals surface area contributed by atoms with Crippen LogP contribution in [0.1, 0.15) is 29.9 Å². The predicted molar refractivity (Wildman–Crippen MR) is 132 cm³/mol. The Kier molecular flexibility index (Phi) is 6.40. The molecule has 2 N–H and O–H groups in total. The molecule has 3 aromatic carbocycles. The third kappa shape index (κ3) is 4.91. The molecular weight excluding hydrogens is 489 g/mol. The van der Waals surface area contributed by atoms with E-state index in [0.29, 0.717) is 10.9 Å². The zero-order chi connectivity index (χ0) is 25.3.